The van der Waals surface area contributed by atoms with Gasteiger partial charge in [0.2, 0.25) is 0 Å². The average molecular weight is 258 g/mol. The molecule has 2 unspecified atom stereocenters. The molecule has 2 aromatic rings. The van der Waals surface area contributed by atoms with E-state index in [0.717, 1.165) is 16.7 Å². The van der Waals surface area contributed by atoms with Gasteiger partial charge in [-0.25, -0.2) is 4.98 Å². The first kappa shape index (κ1) is 11.5. The van der Waals surface area contributed by atoms with Gasteiger partial charge in [-0.15, -0.1) is 0 Å². The SMILES string of the molecule is CC1=CP(=O)(c2ccccc2)CC1c1ncc[nH]1. The van der Waals surface area contributed by atoms with E-state index >= 15 is 0 Å². The first-order chi connectivity index (χ1) is 8.69. The zero-order chi connectivity index (χ0) is 12.6. The highest BCUT2D eigenvalue weighted by Crippen LogP contribution is 2.57. The monoisotopic (exact) mass is 258 g/mol. The van der Waals surface area contributed by atoms with Crippen LogP contribution in [0, 0.1) is 0 Å². The summed E-state index contributed by atoms with van der Waals surface area (Å²) in [7, 11) is -2.40. The van der Waals surface area contributed by atoms with Crippen LogP contribution in [0.5, 0.6) is 0 Å². The predicted molar refractivity (Wildman–Crippen MR) is 73.6 cm³/mol. The van der Waals surface area contributed by atoms with Crippen molar-refractivity contribution in [2.75, 3.05) is 6.16 Å². The van der Waals surface area contributed by atoms with Gasteiger partial charge in [-0.05, 0) is 12.7 Å². The van der Waals surface area contributed by atoms with Gasteiger partial charge in [-0.1, -0.05) is 35.9 Å². The van der Waals surface area contributed by atoms with E-state index in [1.54, 1.807) is 6.20 Å². The molecule has 2 atom stereocenters. The third-order valence-electron chi connectivity index (χ3n) is 3.46. The van der Waals surface area contributed by atoms with Crippen molar-refractivity contribution < 1.29 is 4.57 Å². The summed E-state index contributed by atoms with van der Waals surface area (Å²) in [6.07, 6.45) is 4.21. The lowest BCUT2D eigenvalue weighted by atomic mass is 10.0. The van der Waals surface area contributed by atoms with E-state index in [2.05, 4.69) is 9.97 Å². The lowest BCUT2D eigenvalue weighted by molar-refractivity contribution is 0.586. The molecule has 1 aromatic carbocycles. The van der Waals surface area contributed by atoms with Gasteiger partial charge in [0.25, 0.3) is 0 Å². The predicted octanol–water partition coefficient (Wildman–Crippen LogP) is 3.10. The van der Waals surface area contributed by atoms with Crippen LogP contribution in [-0.2, 0) is 4.57 Å². The molecule has 0 aliphatic carbocycles. The van der Waals surface area contributed by atoms with Crippen LogP contribution in [0.4, 0.5) is 0 Å². The van der Waals surface area contributed by atoms with E-state index in [-0.39, 0.29) is 5.92 Å². The highest BCUT2D eigenvalue weighted by molar-refractivity contribution is 7.74. The molecule has 4 heteroatoms. The summed E-state index contributed by atoms with van der Waals surface area (Å²) in [6, 6.07) is 9.74. The highest BCUT2D eigenvalue weighted by atomic mass is 31.2. The fourth-order valence-electron chi connectivity index (χ4n) is 2.52. The van der Waals surface area contributed by atoms with Crippen LogP contribution in [0.25, 0.3) is 0 Å². The lowest BCUT2D eigenvalue weighted by Crippen LogP contribution is -2.08. The van der Waals surface area contributed by atoms with Gasteiger partial charge in [-0.3, -0.25) is 0 Å². The number of nitrogens with zero attached hydrogens (tertiary/aromatic N) is 1. The number of rotatable bonds is 2. The summed E-state index contributed by atoms with van der Waals surface area (Å²) in [5.74, 6) is 3.03. The second kappa shape index (κ2) is 4.25. The Morgan fingerprint density at radius 1 is 1.33 bits per heavy atom. The molecular weight excluding hydrogens is 243 g/mol. The van der Waals surface area contributed by atoms with Crippen LogP contribution < -0.4 is 5.30 Å². The quantitative estimate of drug-likeness (QED) is 0.841. The maximum Gasteiger partial charge on any atom is 0.137 e. The summed E-state index contributed by atoms with van der Waals surface area (Å²) >= 11 is 0. The molecule has 0 bridgehead atoms. The van der Waals surface area contributed by atoms with Gasteiger partial charge in [0.15, 0.2) is 0 Å². The Hall–Kier alpha value is -1.60. The van der Waals surface area contributed by atoms with Crippen LogP contribution in [0.3, 0.4) is 0 Å². The van der Waals surface area contributed by atoms with Gasteiger partial charge in [0, 0.05) is 29.8 Å². The standard InChI is InChI=1S/C14H15N2OP/c1-11-9-18(17,12-5-3-2-4-6-12)10-13(11)14-15-7-8-16-14/h2-9,13H,10H2,1H3,(H,15,16). The summed E-state index contributed by atoms with van der Waals surface area (Å²) in [5, 5.41) is 0.943. The van der Waals surface area contributed by atoms with Gasteiger partial charge in [-0.2, -0.15) is 0 Å². The minimum atomic E-state index is -2.40. The van der Waals surface area contributed by atoms with Crippen LogP contribution in [0.2, 0.25) is 0 Å². The second-order valence-corrected chi connectivity index (χ2v) is 7.44. The third-order valence-corrected chi connectivity index (χ3v) is 6.36. The van der Waals surface area contributed by atoms with Gasteiger partial charge < -0.3 is 9.55 Å². The van der Waals surface area contributed by atoms with E-state index in [1.165, 1.54) is 0 Å². The van der Waals surface area contributed by atoms with Crippen molar-refractivity contribution in [1.82, 2.24) is 9.97 Å². The number of imidazole rings is 1. The molecule has 0 amide bonds. The van der Waals surface area contributed by atoms with E-state index in [4.69, 9.17) is 0 Å². The Kier molecular flexibility index (Phi) is 2.71. The highest BCUT2D eigenvalue weighted by Gasteiger charge is 2.35. The zero-order valence-electron chi connectivity index (χ0n) is 10.2. The molecule has 3 nitrogen and oxygen atoms in total. The van der Waals surface area contributed by atoms with Crippen molar-refractivity contribution in [2.45, 2.75) is 12.8 Å². The minimum Gasteiger partial charge on any atom is -0.348 e. The van der Waals surface area contributed by atoms with Crippen molar-refractivity contribution in [1.29, 1.82) is 0 Å². The molecule has 0 fully saturated rings. The summed E-state index contributed by atoms with van der Waals surface area (Å²) < 4.78 is 13.0. The molecular formula is C14H15N2OP. The molecule has 3 rings (SSSR count). The molecule has 18 heavy (non-hydrogen) atoms. The maximum atomic E-state index is 13.0. The topological polar surface area (TPSA) is 45.8 Å². The van der Waals surface area contributed by atoms with Gasteiger partial charge >= 0.3 is 0 Å². The summed E-state index contributed by atoms with van der Waals surface area (Å²) in [4.78, 5) is 7.42. The zero-order valence-corrected chi connectivity index (χ0v) is 11.1. The Balaban J connectivity index is 1.97. The van der Waals surface area contributed by atoms with Crippen molar-refractivity contribution in [3.05, 3.63) is 59.9 Å². The Bertz CT molecular complexity index is 617. The third kappa shape index (κ3) is 1.85. The summed E-state index contributed by atoms with van der Waals surface area (Å²) in [5.41, 5.74) is 1.15. The molecule has 0 spiro atoms. The Morgan fingerprint density at radius 3 is 2.78 bits per heavy atom. The molecule has 1 aliphatic rings. The molecule has 1 N–H and O–H groups in total. The van der Waals surface area contributed by atoms with E-state index in [0.29, 0.717) is 6.16 Å². The Morgan fingerprint density at radius 2 is 2.11 bits per heavy atom. The number of nitrogens with one attached hydrogen (secondary N) is 1. The van der Waals surface area contributed by atoms with Crippen molar-refractivity contribution in [3.63, 3.8) is 0 Å². The van der Waals surface area contributed by atoms with Crippen molar-refractivity contribution >= 4 is 12.4 Å². The van der Waals surface area contributed by atoms with Gasteiger partial charge in [0.1, 0.15) is 13.0 Å². The Labute approximate surface area is 106 Å². The number of hydrogen-bond donors (Lipinski definition) is 1. The van der Waals surface area contributed by atoms with E-state index < -0.39 is 7.14 Å². The molecule has 0 saturated heterocycles. The van der Waals surface area contributed by atoms with Crippen molar-refractivity contribution in [3.8, 4) is 0 Å². The fraction of sp³-hybridized carbons (Fsp3) is 0.214. The minimum absolute atomic E-state index is 0.158. The number of aromatic amines is 1. The summed E-state index contributed by atoms with van der Waals surface area (Å²) in [6.45, 7) is 2.04. The first-order valence-corrected chi connectivity index (χ1v) is 7.98. The van der Waals surface area contributed by atoms with Crippen molar-refractivity contribution in [2.24, 2.45) is 0 Å². The van der Waals surface area contributed by atoms with E-state index in [1.807, 2.05) is 49.3 Å². The molecule has 2 heterocycles. The number of allylic oxidation sites excluding steroid dienone is 1. The fourth-order valence-corrected chi connectivity index (χ4v) is 5.50. The molecule has 0 saturated carbocycles. The largest absolute Gasteiger partial charge is 0.348 e. The molecule has 1 aliphatic heterocycles. The van der Waals surface area contributed by atoms with Gasteiger partial charge in [0.05, 0.1) is 0 Å². The molecule has 92 valence electrons. The molecule has 0 radical (unpaired) electrons. The lowest BCUT2D eigenvalue weighted by Gasteiger charge is -2.12. The van der Waals surface area contributed by atoms with E-state index in [9.17, 15) is 4.57 Å². The van der Waals surface area contributed by atoms with Crippen LogP contribution in [0.15, 0.2) is 54.1 Å². The molecule has 1 aromatic heterocycles. The first-order valence-electron chi connectivity index (χ1n) is 6.02. The van der Waals surface area contributed by atoms with Crippen LogP contribution >= 0.6 is 7.14 Å². The smallest absolute Gasteiger partial charge is 0.137 e. The number of aromatic nitrogens is 2. The van der Waals surface area contributed by atoms with Crippen LogP contribution in [0.1, 0.15) is 18.7 Å². The van der Waals surface area contributed by atoms with Crippen LogP contribution in [-0.4, -0.2) is 16.1 Å². The number of H-pyrrole nitrogens is 1. The second-order valence-electron chi connectivity index (χ2n) is 4.71. The number of hydrogen-bond acceptors (Lipinski definition) is 2. The number of benzene rings is 1. The maximum absolute atomic E-state index is 13.0. The normalized spacial score (nSPS) is 27.2. The average Bonchev–Trinajstić information content (AvgIpc) is 2.99.